The highest BCUT2D eigenvalue weighted by molar-refractivity contribution is 5.82. The molecule has 26 heavy (non-hydrogen) atoms. The van der Waals surface area contributed by atoms with E-state index in [0.717, 1.165) is 37.4 Å². The minimum atomic E-state index is -0.656. The Kier molecular flexibility index (Phi) is 6.39. The summed E-state index contributed by atoms with van der Waals surface area (Å²) in [6.07, 6.45) is 0. The maximum Gasteiger partial charge on any atom is 0.241 e. The van der Waals surface area contributed by atoms with Gasteiger partial charge in [0.2, 0.25) is 5.91 Å². The number of morpholine rings is 1. The molecule has 1 aliphatic heterocycles. The van der Waals surface area contributed by atoms with Gasteiger partial charge in [-0.3, -0.25) is 9.69 Å². The van der Waals surface area contributed by atoms with Gasteiger partial charge in [0, 0.05) is 19.6 Å². The second-order valence-electron chi connectivity index (χ2n) is 6.71. The van der Waals surface area contributed by atoms with Crippen molar-refractivity contribution >= 4 is 5.91 Å². The molecule has 1 amide bonds. The summed E-state index contributed by atoms with van der Waals surface area (Å²) in [6.45, 7) is 5.71. The number of amides is 1. The van der Waals surface area contributed by atoms with Crippen molar-refractivity contribution in [1.82, 2.24) is 10.2 Å². The Labute approximate surface area is 155 Å². The number of nitrogens with zero attached hydrogens (tertiary/aromatic N) is 1. The van der Waals surface area contributed by atoms with Crippen molar-refractivity contribution in [2.24, 2.45) is 5.73 Å². The Morgan fingerprint density at radius 3 is 2.38 bits per heavy atom. The molecule has 3 N–H and O–H groups in total. The topological polar surface area (TPSA) is 67.6 Å². The first-order valence-corrected chi connectivity index (χ1v) is 9.12. The van der Waals surface area contributed by atoms with Gasteiger partial charge in [-0.2, -0.15) is 0 Å². The van der Waals surface area contributed by atoms with E-state index in [2.05, 4.69) is 22.3 Å². The molecule has 2 aromatic rings. The zero-order valence-corrected chi connectivity index (χ0v) is 15.2. The van der Waals surface area contributed by atoms with Gasteiger partial charge in [-0.1, -0.05) is 60.2 Å². The number of hydrogen-bond acceptors (Lipinski definition) is 4. The van der Waals surface area contributed by atoms with Crippen LogP contribution in [0.15, 0.2) is 54.6 Å². The van der Waals surface area contributed by atoms with Crippen molar-refractivity contribution in [2.45, 2.75) is 19.0 Å². The molecule has 0 aliphatic carbocycles. The Bertz CT molecular complexity index is 697. The summed E-state index contributed by atoms with van der Waals surface area (Å²) in [4.78, 5) is 14.9. The standard InChI is InChI=1S/C21H27N3O2/c1-16-7-9-18(10-8-16)20(22)21(25)23-15-19(17-5-3-2-4-6-17)24-11-13-26-14-12-24/h2-10,19-20H,11-15,22H2,1H3,(H,23,25). The van der Waals surface area contributed by atoms with E-state index in [9.17, 15) is 4.79 Å². The van der Waals surface area contributed by atoms with Gasteiger partial charge in [-0.25, -0.2) is 0 Å². The van der Waals surface area contributed by atoms with Crippen LogP contribution in [0.25, 0.3) is 0 Å². The number of nitrogens with two attached hydrogens (primary N) is 1. The summed E-state index contributed by atoms with van der Waals surface area (Å²) >= 11 is 0. The van der Waals surface area contributed by atoms with E-state index in [-0.39, 0.29) is 11.9 Å². The fourth-order valence-electron chi connectivity index (χ4n) is 3.25. The van der Waals surface area contributed by atoms with E-state index in [0.29, 0.717) is 6.54 Å². The van der Waals surface area contributed by atoms with Gasteiger partial charge in [-0.15, -0.1) is 0 Å². The second kappa shape index (κ2) is 8.94. The zero-order valence-electron chi connectivity index (χ0n) is 15.2. The van der Waals surface area contributed by atoms with Crippen LogP contribution >= 0.6 is 0 Å². The highest BCUT2D eigenvalue weighted by atomic mass is 16.5. The maximum absolute atomic E-state index is 12.6. The summed E-state index contributed by atoms with van der Waals surface area (Å²) in [5.41, 5.74) is 9.32. The molecule has 0 spiro atoms. The predicted molar refractivity (Wildman–Crippen MR) is 103 cm³/mol. The number of aryl methyl sites for hydroxylation is 1. The van der Waals surface area contributed by atoms with Crippen LogP contribution in [0.4, 0.5) is 0 Å². The van der Waals surface area contributed by atoms with Crippen LogP contribution in [0, 0.1) is 6.92 Å². The fraction of sp³-hybridized carbons (Fsp3) is 0.381. The van der Waals surface area contributed by atoms with Crippen molar-refractivity contribution in [3.05, 3.63) is 71.3 Å². The Balaban J connectivity index is 1.66. The molecule has 5 nitrogen and oxygen atoms in total. The minimum absolute atomic E-state index is 0.120. The van der Waals surface area contributed by atoms with E-state index in [1.807, 2.05) is 49.4 Å². The first-order valence-electron chi connectivity index (χ1n) is 9.12. The molecule has 2 atom stereocenters. The van der Waals surface area contributed by atoms with Crippen LogP contribution in [0.2, 0.25) is 0 Å². The van der Waals surface area contributed by atoms with E-state index in [4.69, 9.17) is 10.5 Å². The van der Waals surface area contributed by atoms with Gasteiger partial charge in [0.1, 0.15) is 6.04 Å². The van der Waals surface area contributed by atoms with Crippen molar-refractivity contribution in [3.63, 3.8) is 0 Å². The van der Waals surface area contributed by atoms with Crippen LogP contribution in [-0.2, 0) is 9.53 Å². The lowest BCUT2D eigenvalue weighted by molar-refractivity contribution is -0.122. The molecule has 0 bridgehead atoms. The number of carbonyl (C=O) groups excluding carboxylic acids is 1. The summed E-state index contributed by atoms with van der Waals surface area (Å²) < 4.78 is 5.47. The van der Waals surface area contributed by atoms with Crippen LogP contribution in [0.3, 0.4) is 0 Å². The Hall–Kier alpha value is -2.21. The molecule has 0 saturated carbocycles. The largest absolute Gasteiger partial charge is 0.379 e. The normalized spacial score (nSPS) is 17.5. The van der Waals surface area contributed by atoms with Gasteiger partial charge < -0.3 is 15.8 Å². The lowest BCUT2D eigenvalue weighted by Crippen LogP contribution is -2.45. The molecule has 3 rings (SSSR count). The van der Waals surface area contributed by atoms with Crippen molar-refractivity contribution in [2.75, 3.05) is 32.8 Å². The van der Waals surface area contributed by atoms with E-state index >= 15 is 0 Å². The van der Waals surface area contributed by atoms with Crippen molar-refractivity contribution in [1.29, 1.82) is 0 Å². The average molecular weight is 353 g/mol. The van der Waals surface area contributed by atoms with Gasteiger partial charge in [-0.05, 0) is 18.1 Å². The Morgan fingerprint density at radius 1 is 1.08 bits per heavy atom. The first kappa shape index (κ1) is 18.6. The molecule has 0 aromatic heterocycles. The molecule has 138 valence electrons. The lowest BCUT2D eigenvalue weighted by atomic mass is 10.0. The van der Waals surface area contributed by atoms with Crippen LogP contribution in [0.5, 0.6) is 0 Å². The molecular formula is C21H27N3O2. The van der Waals surface area contributed by atoms with Gasteiger partial charge in [0.25, 0.3) is 0 Å². The van der Waals surface area contributed by atoms with E-state index < -0.39 is 6.04 Å². The number of benzene rings is 2. The van der Waals surface area contributed by atoms with Gasteiger partial charge >= 0.3 is 0 Å². The SMILES string of the molecule is Cc1ccc(C(N)C(=O)NCC(c2ccccc2)N2CCOCC2)cc1. The quantitative estimate of drug-likeness (QED) is 0.835. The van der Waals surface area contributed by atoms with Gasteiger partial charge in [0.05, 0.1) is 19.3 Å². The van der Waals surface area contributed by atoms with E-state index in [1.165, 1.54) is 5.56 Å². The van der Waals surface area contributed by atoms with Crippen LogP contribution in [-0.4, -0.2) is 43.7 Å². The lowest BCUT2D eigenvalue weighted by Gasteiger charge is -2.35. The van der Waals surface area contributed by atoms with Crippen molar-refractivity contribution in [3.8, 4) is 0 Å². The molecule has 1 saturated heterocycles. The second-order valence-corrected chi connectivity index (χ2v) is 6.71. The number of hydrogen-bond donors (Lipinski definition) is 2. The summed E-state index contributed by atoms with van der Waals surface area (Å²) in [5, 5.41) is 3.04. The number of nitrogens with one attached hydrogen (secondary N) is 1. The highest BCUT2D eigenvalue weighted by Gasteiger charge is 2.24. The zero-order chi connectivity index (χ0) is 18.4. The number of ether oxygens (including phenoxy) is 1. The molecule has 0 radical (unpaired) electrons. The molecular weight excluding hydrogens is 326 g/mol. The molecule has 5 heteroatoms. The Morgan fingerprint density at radius 2 is 1.73 bits per heavy atom. The number of carbonyl (C=O) groups is 1. The van der Waals surface area contributed by atoms with E-state index in [1.54, 1.807) is 0 Å². The molecule has 1 heterocycles. The highest BCUT2D eigenvalue weighted by Crippen LogP contribution is 2.21. The monoisotopic (exact) mass is 353 g/mol. The molecule has 2 aromatic carbocycles. The first-order chi connectivity index (χ1) is 12.6. The average Bonchev–Trinajstić information content (AvgIpc) is 2.69. The minimum Gasteiger partial charge on any atom is -0.379 e. The maximum atomic E-state index is 12.6. The van der Waals surface area contributed by atoms with Gasteiger partial charge in [0.15, 0.2) is 0 Å². The predicted octanol–water partition coefficient (Wildman–Crippen LogP) is 2.18. The van der Waals surface area contributed by atoms with Crippen LogP contribution in [0.1, 0.15) is 28.8 Å². The smallest absolute Gasteiger partial charge is 0.241 e. The molecule has 1 aliphatic rings. The third kappa shape index (κ3) is 4.69. The third-order valence-electron chi connectivity index (χ3n) is 4.86. The fourth-order valence-corrected chi connectivity index (χ4v) is 3.25. The van der Waals surface area contributed by atoms with Crippen LogP contribution < -0.4 is 11.1 Å². The van der Waals surface area contributed by atoms with Crippen molar-refractivity contribution < 1.29 is 9.53 Å². The number of rotatable bonds is 6. The third-order valence-corrected chi connectivity index (χ3v) is 4.86. The molecule has 2 unspecified atom stereocenters. The summed E-state index contributed by atoms with van der Waals surface area (Å²) in [6, 6.07) is 17.5. The summed E-state index contributed by atoms with van der Waals surface area (Å²) in [5.74, 6) is -0.150. The molecule has 1 fully saturated rings. The summed E-state index contributed by atoms with van der Waals surface area (Å²) in [7, 11) is 0.